The summed E-state index contributed by atoms with van der Waals surface area (Å²) in [5, 5.41) is 10.9. The number of hydrogen-bond donors (Lipinski definition) is 2. The summed E-state index contributed by atoms with van der Waals surface area (Å²) in [6.07, 6.45) is 0.210. The number of furan rings is 1. The van der Waals surface area contributed by atoms with Crippen molar-refractivity contribution in [1.82, 2.24) is 14.7 Å². The van der Waals surface area contributed by atoms with Gasteiger partial charge < -0.3 is 19.2 Å². The smallest absolute Gasteiger partial charge is 0.420 e. The highest BCUT2D eigenvalue weighted by Gasteiger charge is 2.35. The van der Waals surface area contributed by atoms with Crippen LogP contribution in [0.2, 0.25) is 0 Å². The van der Waals surface area contributed by atoms with Crippen LogP contribution in [0.3, 0.4) is 0 Å². The second-order valence-electron chi connectivity index (χ2n) is 5.41. The summed E-state index contributed by atoms with van der Waals surface area (Å²) in [5.74, 6) is -1.86. The van der Waals surface area contributed by atoms with E-state index in [4.69, 9.17) is 9.52 Å². The monoisotopic (exact) mass is 367 g/mol. The fourth-order valence-electron chi connectivity index (χ4n) is 2.38. The Kier molecular flexibility index (Phi) is 4.41. The number of rotatable bonds is 5. The number of amides is 1. The number of hydrogen-bond acceptors (Lipinski definition) is 4. The highest BCUT2D eigenvalue weighted by Crippen LogP contribution is 2.35. The van der Waals surface area contributed by atoms with Crippen molar-refractivity contribution in [3.63, 3.8) is 0 Å². The van der Waals surface area contributed by atoms with Crippen LogP contribution in [0, 0.1) is 0 Å². The maximum atomic E-state index is 13.4. The summed E-state index contributed by atoms with van der Waals surface area (Å²) in [6.45, 7) is -0.158. The van der Waals surface area contributed by atoms with E-state index in [1.807, 2.05) is 0 Å². The van der Waals surface area contributed by atoms with Crippen molar-refractivity contribution in [3.05, 3.63) is 48.3 Å². The Balaban J connectivity index is 2.02. The Labute approximate surface area is 144 Å². The molecule has 0 radical (unpaired) electrons. The number of carbonyl (C=O) groups excluding carboxylic acids is 1. The predicted octanol–water partition coefficient (Wildman–Crippen LogP) is 2.82. The first kappa shape index (κ1) is 17.5. The molecule has 0 spiro atoms. The zero-order valence-corrected chi connectivity index (χ0v) is 13.1. The standard InChI is InChI=1S/C16H12F3N3O4/c17-16(18,19)11-5-10(9-2-4-26-8-9)6-22-7-12(21-14(11)22)15(25)20-3-1-13(23)24/h2,4-8H,1,3H2,(H,20,25)(H,23,24). The Hall–Kier alpha value is -3.30. The van der Waals surface area contributed by atoms with E-state index in [2.05, 4.69) is 10.3 Å². The molecule has 0 unspecified atom stereocenters. The van der Waals surface area contributed by atoms with Gasteiger partial charge in [-0.15, -0.1) is 0 Å². The maximum Gasteiger partial charge on any atom is 0.420 e. The van der Waals surface area contributed by atoms with Gasteiger partial charge in [-0.2, -0.15) is 13.2 Å². The largest absolute Gasteiger partial charge is 0.481 e. The van der Waals surface area contributed by atoms with Gasteiger partial charge >= 0.3 is 12.1 Å². The number of carboxylic acids is 1. The maximum absolute atomic E-state index is 13.4. The van der Waals surface area contributed by atoms with E-state index in [0.717, 1.165) is 16.7 Å². The lowest BCUT2D eigenvalue weighted by Gasteiger charge is -2.10. The second-order valence-corrected chi connectivity index (χ2v) is 5.41. The van der Waals surface area contributed by atoms with Gasteiger partial charge in [-0.25, -0.2) is 4.98 Å². The third-order valence-electron chi connectivity index (χ3n) is 3.57. The fraction of sp³-hybridized carbons (Fsp3) is 0.188. The number of alkyl halides is 3. The molecule has 0 aromatic carbocycles. The number of nitrogens with zero attached hydrogens (tertiary/aromatic N) is 2. The van der Waals surface area contributed by atoms with E-state index >= 15 is 0 Å². The van der Waals surface area contributed by atoms with E-state index in [-0.39, 0.29) is 24.2 Å². The summed E-state index contributed by atoms with van der Waals surface area (Å²) in [4.78, 5) is 26.2. The Morgan fingerprint density at radius 1 is 1.27 bits per heavy atom. The number of aliphatic carboxylic acids is 1. The van der Waals surface area contributed by atoms with Crippen molar-refractivity contribution in [1.29, 1.82) is 0 Å². The quantitative estimate of drug-likeness (QED) is 0.723. The molecule has 3 aromatic rings. The molecule has 7 nitrogen and oxygen atoms in total. The van der Waals surface area contributed by atoms with Crippen LogP contribution in [0.1, 0.15) is 22.5 Å². The van der Waals surface area contributed by atoms with Crippen LogP contribution in [-0.2, 0) is 11.0 Å². The molecule has 0 aliphatic rings. The first-order valence-electron chi connectivity index (χ1n) is 7.38. The number of carboxylic acid groups (broad SMARTS) is 1. The SMILES string of the molecule is O=C(O)CCNC(=O)c1cn2cc(-c3ccoc3)cc(C(F)(F)F)c2n1. The van der Waals surface area contributed by atoms with Gasteiger partial charge in [-0.05, 0) is 12.1 Å². The number of halogens is 3. The van der Waals surface area contributed by atoms with Crippen LogP contribution in [-0.4, -0.2) is 32.9 Å². The zero-order chi connectivity index (χ0) is 18.9. The van der Waals surface area contributed by atoms with Gasteiger partial charge in [0.25, 0.3) is 5.91 Å². The minimum atomic E-state index is -4.68. The Morgan fingerprint density at radius 3 is 2.65 bits per heavy atom. The summed E-state index contributed by atoms with van der Waals surface area (Å²) >= 11 is 0. The molecule has 0 aliphatic carbocycles. The lowest BCUT2D eigenvalue weighted by molar-refractivity contribution is -0.137. The molecule has 0 saturated carbocycles. The Morgan fingerprint density at radius 2 is 2.04 bits per heavy atom. The van der Waals surface area contributed by atoms with Gasteiger partial charge in [0.2, 0.25) is 0 Å². The van der Waals surface area contributed by atoms with Crippen LogP contribution >= 0.6 is 0 Å². The van der Waals surface area contributed by atoms with Crippen molar-refractivity contribution in [2.45, 2.75) is 12.6 Å². The average molecular weight is 367 g/mol. The second kappa shape index (κ2) is 6.54. The van der Waals surface area contributed by atoms with E-state index in [9.17, 15) is 22.8 Å². The molecule has 2 N–H and O–H groups in total. The van der Waals surface area contributed by atoms with Gasteiger partial charge in [0.1, 0.15) is 11.3 Å². The minimum absolute atomic E-state index is 0.158. The number of imidazole rings is 1. The molecular weight excluding hydrogens is 355 g/mol. The molecule has 10 heteroatoms. The van der Waals surface area contributed by atoms with Crippen LogP contribution in [0.25, 0.3) is 16.8 Å². The third kappa shape index (κ3) is 3.53. The van der Waals surface area contributed by atoms with Crippen molar-refractivity contribution in [3.8, 4) is 11.1 Å². The lowest BCUT2D eigenvalue weighted by Crippen LogP contribution is -2.26. The number of aromatic nitrogens is 2. The first-order chi connectivity index (χ1) is 12.3. The molecule has 0 bridgehead atoms. The van der Waals surface area contributed by atoms with Gasteiger partial charge in [0.05, 0.1) is 24.5 Å². The van der Waals surface area contributed by atoms with Crippen molar-refractivity contribution in [2.75, 3.05) is 6.54 Å². The summed E-state index contributed by atoms with van der Waals surface area (Å²) in [5.41, 5.74) is -0.980. The van der Waals surface area contributed by atoms with Crippen molar-refractivity contribution < 1.29 is 32.3 Å². The summed E-state index contributed by atoms with van der Waals surface area (Å²) in [6, 6.07) is 2.44. The highest BCUT2D eigenvalue weighted by molar-refractivity contribution is 5.93. The average Bonchev–Trinajstić information content (AvgIpc) is 3.21. The Bertz CT molecular complexity index is 961. The van der Waals surface area contributed by atoms with E-state index < -0.39 is 29.3 Å². The third-order valence-corrected chi connectivity index (χ3v) is 3.57. The molecule has 3 heterocycles. The van der Waals surface area contributed by atoms with Crippen LogP contribution in [0.5, 0.6) is 0 Å². The molecule has 0 saturated heterocycles. The van der Waals surface area contributed by atoms with Crippen molar-refractivity contribution in [2.24, 2.45) is 0 Å². The van der Waals surface area contributed by atoms with Gasteiger partial charge in [-0.1, -0.05) is 0 Å². The van der Waals surface area contributed by atoms with E-state index in [1.165, 1.54) is 24.8 Å². The topological polar surface area (TPSA) is 96.8 Å². The molecule has 0 aliphatic heterocycles. The lowest BCUT2D eigenvalue weighted by atomic mass is 10.1. The van der Waals surface area contributed by atoms with Gasteiger partial charge in [0, 0.05) is 30.1 Å². The molecule has 26 heavy (non-hydrogen) atoms. The molecule has 1 amide bonds. The molecule has 3 aromatic heterocycles. The number of fused-ring (bicyclic) bond motifs is 1. The molecule has 0 fully saturated rings. The van der Waals surface area contributed by atoms with Crippen LogP contribution in [0.15, 0.2) is 41.5 Å². The summed E-state index contributed by atoms with van der Waals surface area (Å²) < 4.78 is 46.2. The summed E-state index contributed by atoms with van der Waals surface area (Å²) in [7, 11) is 0. The minimum Gasteiger partial charge on any atom is -0.481 e. The van der Waals surface area contributed by atoms with E-state index in [1.54, 1.807) is 0 Å². The molecule has 0 atom stereocenters. The molecular formula is C16H12F3N3O4. The highest BCUT2D eigenvalue weighted by atomic mass is 19.4. The number of carbonyl (C=O) groups is 2. The number of pyridine rings is 1. The zero-order valence-electron chi connectivity index (χ0n) is 13.1. The fourth-order valence-corrected chi connectivity index (χ4v) is 2.38. The predicted molar refractivity (Wildman–Crippen MR) is 82.5 cm³/mol. The molecule has 3 rings (SSSR count). The first-order valence-corrected chi connectivity index (χ1v) is 7.38. The number of nitrogens with one attached hydrogen (secondary N) is 1. The van der Waals surface area contributed by atoms with Crippen LogP contribution in [0.4, 0.5) is 13.2 Å². The van der Waals surface area contributed by atoms with Gasteiger partial charge in [0.15, 0.2) is 0 Å². The van der Waals surface area contributed by atoms with Gasteiger partial charge in [-0.3, -0.25) is 9.59 Å². The molecule has 136 valence electrons. The normalized spacial score (nSPS) is 11.7. The van der Waals surface area contributed by atoms with E-state index in [0.29, 0.717) is 5.56 Å². The van der Waals surface area contributed by atoms with Crippen LogP contribution < -0.4 is 5.32 Å². The van der Waals surface area contributed by atoms with Crippen molar-refractivity contribution >= 4 is 17.5 Å².